The van der Waals surface area contributed by atoms with Gasteiger partial charge in [-0.15, -0.1) is 0 Å². The fourth-order valence-corrected chi connectivity index (χ4v) is 4.73. The number of pyridine rings is 1. The van der Waals surface area contributed by atoms with Gasteiger partial charge < -0.3 is 4.90 Å². The maximum atomic E-state index is 12.7. The number of hydrogen-bond donors (Lipinski definition) is 0. The summed E-state index contributed by atoms with van der Waals surface area (Å²) in [5, 5.41) is 13.0. The van der Waals surface area contributed by atoms with E-state index < -0.39 is 14.9 Å². The number of rotatable bonds is 5. The Labute approximate surface area is 174 Å². The zero-order chi connectivity index (χ0) is 21.1. The standard InChI is InChI=1S/C21H20N4O4S/c26-25(27)19-8-9-20(21-18(19)7-4-11-22-21)23-12-14-24(15-13-23)30(28,29)16-10-17-5-2-1-3-6-17/h1-11,16H,12-15H2/b16-10+. The lowest BCUT2D eigenvalue weighted by atomic mass is 10.1. The molecule has 0 unspecified atom stereocenters. The monoisotopic (exact) mass is 424 g/mol. The Morgan fingerprint density at radius 1 is 0.967 bits per heavy atom. The molecule has 0 N–H and O–H groups in total. The van der Waals surface area contributed by atoms with Crippen molar-refractivity contribution in [3.63, 3.8) is 0 Å². The first-order valence-electron chi connectivity index (χ1n) is 9.46. The Balaban J connectivity index is 1.52. The van der Waals surface area contributed by atoms with Crippen LogP contribution in [-0.2, 0) is 10.0 Å². The predicted molar refractivity (Wildman–Crippen MR) is 117 cm³/mol. The molecule has 0 bridgehead atoms. The van der Waals surface area contributed by atoms with Gasteiger partial charge in [-0.1, -0.05) is 30.3 Å². The number of non-ortho nitro benzene ring substituents is 1. The van der Waals surface area contributed by atoms with Crippen molar-refractivity contribution in [1.29, 1.82) is 0 Å². The number of piperazine rings is 1. The number of aromatic nitrogens is 1. The Morgan fingerprint density at radius 2 is 1.70 bits per heavy atom. The normalized spacial score (nSPS) is 15.7. The zero-order valence-electron chi connectivity index (χ0n) is 16.1. The Morgan fingerprint density at radius 3 is 2.40 bits per heavy atom. The van der Waals surface area contributed by atoms with E-state index in [1.807, 2.05) is 35.2 Å². The van der Waals surface area contributed by atoms with E-state index >= 15 is 0 Å². The van der Waals surface area contributed by atoms with Crippen molar-refractivity contribution in [2.75, 3.05) is 31.1 Å². The zero-order valence-corrected chi connectivity index (χ0v) is 16.9. The number of hydrogen-bond acceptors (Lipinski definition) is 6. The van der Waals surface area contributed by atoms with Crippen molar-refractivity contribution in [2.45, 2.75) is 0 Å². The number of nitrogens with zero attached hydrogens (tertiary/aromatic N) is 4. The molecule has 8 nitrogen and oxygen atoms in total. The van der Waals surface area contributed by atoms with Gasteiger partial charge in [-0.3, -0.25) is 15.1 Å². The molecule has 0 radical (unpaired) electrons. The van der Waals surface area contributed by atoms with E-state index in [2.05, 4.69) is 4.98 Å². The lowest BCUT2D eigenvalue weighted by molar-refractivity contribution is -0.383. The number of nitro groups is 1. The molecule has 3 aromatic rings. The predicted octanol–water partition coefficient (Wildman–Crippen LogP) is 3.27. The van der Waals surface area contributed by atoms with Crippen LogP contribution in [0.5, 0.6) is 0 Å². The Hall–Kier alpha value is -3.30. The molecule has 1 saturated heterocycles. The van der Waals surface area contributed by atoms with E-state index in [1.165, 1.54) is 15.8 Å². The number of anilines is 1. The molecule has 0 atom stereocenters. The maximum Gasteiger partial charge on any atom is 0.278 e. The lowest BCUT2D eigenvalue weighted by Crippen LogP contribution is -2.48. The highest BCUT2D eigenvalue weighted by Gasteiger charge is 2.27. The molecule has 2 aromatic carbocycles. The molecule has 1 fully saturated rings. The topological polar surface area (TPSA) is 96.6 Å². The number of fused-ring (bicyclic) bond motifs is 1. The van der Waals surface area contributed by atoms with Gasteiger partial charge in [0.05, 0.1) is 16.0 Å². The molecular formula is C21H20N4O4S. The van der Waals surface area contributed by atoms with E-state index in [-0.39, 0.29) is 5.69 Å². The second-order valence-electron chi connectivity index (χ2n) is 6.90. The summed E-state index contributed by atoms with van der Waals surface area (Å²) in [4.78, 5) is 17.2. The van der Waals surface area contributed by atoms with Crippen LogP contribution in [0.3, 0.4) is 0 Å². The summed E-state index contributed by atoms with van der Waals surface area (Å²) in [5.41, 5.74) is 2.15. The van der Waals surface area contributed by atoms with E-state index in [0.717, 1.165) is 11.3 Å². The number of nitro benzene ring substituents is 1. The molecule has 4 rings (SSSR count). The largest absolute Gasteiger partial charge is 0.367 e. The average molecular weight is 424 g/mol. The third kappa shape index (κ3) is 4.03. The summed E-state index contributed by atoms with van der Waals surface area (Å²) in [6.45, 7) is 1.60. The summed E-state index contributed by atoms with van der Waals surface area (Å²) in [5.74, 6) is 0. The average Bonchev–Trinajstić information content (AvgIpc) is 2.78. The van der Waals surface area contributed by atoms with Gasteiger partial charge in [0, 0.05) is 43.9 Å². The summed E-state index contributed by atoms with van der Waals surface area (Å²) in [7, 11) is -3.53. The minimum Gasteiger partial charge on any atom is -0.367 e. The van der Waals surface area contributed by atoms with Gasteiger partial charge in [0.25, 0.3) is 5.69 Å². The van der Waals surface area contributed by atoms with Crippen molar-refractivity contribution in [1.82, 2.24) is 9.29 Å². The summed E-state index contributed by atoms with van der Waals surface area (Å²) < 4.78 is 26.8. The van der Waals surface area contributed by atoms with Crippen LogP contribution in [0.15, 0.2) is 66.2 Å². The van der Waals surface area contributed by atoms with E-state index in [0.29, 0.717) is 37.1 Å². The van der Waals surface area contributed by atoms with Crippen molar-refractivity contribution < 1.29 is 13.3 Å². The highest BCUT2D eigenvalue weighted by atomic mass is 32.2. The lowest BCUT2D eigenvalue weighted by Gasteiger charge is -2.35. The first-order valence-corrected chi connectivity index (χ1v) is 11.0. The fraction of sp³-hybridized carbons (Fsp3) is 0.190. The Bertz CT molecular complexity index is 1200. The van der Waals surface area contributed by atoms with Gasteiger partial charge in [-0.2, -0.15) is 4.31 Å². The summed E-state index contributed by atoms with van der Waals surface area (Å²) in [6.07, 6.45) is 3.19. The van der Waals surface area contributed by atoms with Crippen molar-refractivity contribution >= 4 is 38.4 Å². The molecule has 1 aliphatic rings. The van der Waals surface area contributed by atoms with E-state index in [4.69, 9.17) is 0 Å². The summed E-state index contributed by atoms with van der Waals surface area (Å²) in [6, 6.07) is 15.8. The van der Waals surface area contributed by atoms with E-state index in [1.54, 1.807) is 30.5 Å². The first kappa shape index (κ1) is 20.0. The molecule has 9 heteroatoms. The van der Waals surface area contributed by atoms with Crippen molar-refractivity contribution in [2.24, 2.45) is 0 Å². The van der Waals surface area contributed by atoms with Crippen molar-refractivity contribution in [3.8, 4) is 0 Å². The highest BCUT2D eigenvalue weighted by Crippen LogP contribution is 2.32. The van der Waals surface area contributed by atoms with E-state index in [9.17, 15) is 18.5 Å². The fourth-order valence-electron chi connectivity index (χ4n) is 3.56. The van der Waals surface area contributed by atoms with Crippen molar-refractivity contribution in [3.05, 3.63) is 81.9 Å². The van der Waals surface area contributed by atoms with Crippen LogP contribution in [0, 0.1) is 10.1 Å². The molecule has 0 saturated carbocycles. The molecule has 1 aliphatic heterocycles. The van der Waals surface area contributed by atoms with Crippen LogP contribution in [0.1, 0.15) is 5.56 Å². The minimum absolute atomic E-state index is 0.00844. The molecule has 1 aromatic heterocycles. The highest BCUT2D eigenvalue weighted by molar-refractivity contribution is 7.92. The molecule has 154 valence electrons. The van der Waals surface area contributed by atoms with Crippen LogP contribution < -0.4 is 4.90 Å². The molecule has 2 heterocycles. The Kier molecular flexibility index (Phi) is 5.47. The SMILES string of the molecule is O=[N+]([O-])c1ccc(N2CCN(S(=O)(=O)/C=C/c3ccccc3)CC2)c2ncccc12. The first-order chi connectivity index (χ1) is 14.5. The van der Waals surface area contributed by atoms with Gasteiger partial charge in [-0.05, 0) is 29.8 Å². The van der Waals surface area contributed by atoms with Crippen LogP contribution in [-0.4, -0.2) is 48.8 Å². The quantitative estimate of drug-likeness (QED) is 0.461. The van der Waals surface area contributed by atoms with Crippen LogP contribution in [0.25, 0.3) is 17.0 Å². The molecule has 30 heavy (non-hydrogen) atoms. The van der Waals surface area contributed by atoms with Crippen LogP contribution in [0.4, 0.5) is 11.4 Å². The minimum atomic E-state index is -3.53. The van der Waals surface area contributed by atoms with Crippen LogP contribution >= 0.6 is 0 Å². The molecular weight excluding hydrogens is 404 g/mol. The second-order valence-corrected chi connectivity index (χ2v) is 8.72. The van der Waals surface area contributed by atoms with Gasteiger partial charge in [0.15, 0.2) is 0 Å². The number of sulfonamides is 1. The van der Waals surface area contributed by atoms with Gasteiger partial charge >= 0.3 is 0 Å². The molecule has 0 spiro atoms. The number of benzene rings is 2. The second kappa shape index (κ2) is 8.21. The maximum absolute atomic E-state index is 12.7. The van der Waals surface area contributed by atoms with Gasteiger partial charge in [-0.25, -0.2) is 8.42 Å². The smallest absolute Gasteiger partial charge is 0.278 e. The molecule has 0 aliphatic carbocycles. The molecule has 0 amide bonds. The summed E-state index contributed by atoms with van der Waals surface area (Å²) >= 11 is 0. The van der Waals surface area contributed by atoms with Gasteiger partial charge in [0.2, 0.25) is 10.0 Å². The van der Waals surface area contributed by atoms with Crippen LogP contribution in [0.2, 0.25) is 0 Å². The van der Waals surface area contributed by atoms with Gasteiger partial charge in [0.1, 0.15) is 5.52 Å². The third-order valence-corrected chi connectivity index (χ3v) is 6.66. The third-order valence-electron chi connectivity index (χ3n) is 5.09.